The Morgan fingerprint density at radius 1 is 1.27 bits per heavy atom. The highest BCUT2D eigenvalue weighted by Gasteiger charge is 2.09. The summed E-state index contributed by atoms with van der Waals surface area (Å²) in [4.78, 5) is 25.3. The van der Waals surface area contributed by atoms with Crippen molar-refractivity contribution in [2.24, 2.45) is 0 Å². The normalized spacial score (nSPS) is 12.0. The monoisotopic (exact) mass is 302 g/mol. The fourth-order valence-corrected chi connectivity index (χ4v) is 1.92. The third-order valence-corrected chi connectivity index (χ3v) is 3.16. The minimum atomic E-state index is -0.490. The van der Waals surface area contributed by atoms with Gasteiger partial charge in [0.05, 0.1) is 0 Å². The van der Waals surface area contributed by atoms with Crippen LogP contribution in [0.5, 0.6) is 0 Å². The van der Waals surface area contributed by atoms with Gasteiger partial charge in [0.15, 0.2) is 5.78 Å². The molecule has 1 aromatic rings. The summed E-state index contributed by atoms with van der Waals surface area (Å²) in [6, 6.07) is 7.42. The molecule has 0 radical (unpaired) electrons. The second kappa shape index (κ2) is 8.14. The van der Waals surface area contributed by atoms with Crippen molar-refractivity contribution in [1.82, 2.24) is 5.48 Å². The van der Waals surface area contributed by atoms with E-state index < -0.39 is 5.91 Å². The van der Waals surface area contributed by atoms with Gasteiger partial charge >= 0.3 is 0 Å². The van der Waals surface area contributed by atoms with Gasteiger partial charge in [-0.1, -0.05) is 29.9 Å². The molecule has 0 saturated carbocycles. The zero-order valence-electron chi connectivity index (χ0n) is 13.4. The highest BCUT2D eigenvalue weighted by atomic mass is 16.5. The Morgan fingerprint density at radius 2 is 1.95 bits per heavy atom. The van der Waals surface area contributed by atoms with Gasteiger partial charge < -0.3 is 4.90 Å². The van der Waals surface area contributed by atoms with Crippen molar-refractivity contribution in [1.29, 1.82) is 0 Å². The van der Waals surface area contributed by atoms with Gasteiger partial charge in [-0.2, -0.15) is 0 Å². The Labute approximate surface area is 130 Å². The molecule has 0 unspecified atom stereocenters. The molecule has 0 bridgehead atoms. The van der Waals surface area contributed by atoms with Crippen molar-refractivity contribution in [3.8, 4) is 0 Å². The first-order valence-electron chi connectivity index (χ1n) is 6.95. The smallest absolute Gasteiger partial charge is 0.247 e. The van der Waals surface area contributed by atoms with E-state index in [0.717, 1.165) is 11.3 Å². The van der Waals surface area contributed by atoms with Crippen LogP contribution >= 0.6 is 0 Å². The highest BCUT2D eigenvalue weighted by Crippen LogP contribution is 2.17. The molecule has 1 aromatic carbocycles. The molecule has 0 aromatic heterocycles. The summed E-state index contributed by atoms with van der Waals surface area (Å²) in [5.74, 6) is -0.543. The van der Waals surface area contributed by atoms with Crippen LogP contribution < -0.4 is 10.4 Å². The Balaban J connectivity index is 2.90. The molecule has 5 nitrogen and oxygen atoms in total. The van der Waals surface area contributed by atoms with Gasteiger partial charge in [0.25, 0.3) is 0 Å². The maximum Gasteiger partial charge on any atom is 0.247 e. The van der Waals surface area contributed by atoms with Crippen molar-refractivity contribution in [3.63, 3.8) is 0 Å². The van der Waals surface area contributed by atoms with Gasteiger partial charge in [0.1, 0.15) is 0 Å². The van der Waals surface area contributed by atoms with Gasteiger partial charge in [-0.25, -0.2) is 5.48 Å². The number of ketones is 1. The minimum absolute atomic E-state index is 0.0527. The lowest BCUT2D eigenvalue weighted by Gasteiger charge is -2.13. The molecule has 0 atom stereocenters. The van der Waals surface area contributed by atoms with E-state index in [0.29, 0.717) is 11.1 Å². The van der Waals surface area contributed by atoms with E-state index in [4.69, 9.17) is 5.21 Å². The van der Waals surface area contributed by atoms with Gasteiger partial charge in [-0.3, -0.25) is 14.8 Å². The van der Waals surface area contributed by atoms with Crippen molar-refractivity contribution in [2.45, 2.75) is 20.3 Å². The van der Waals surface area contributed by atoms with Crippen LogP contribution in [-0.2, 0) is 4.79 Å². The first kappa shape index (κ1) is 17.7. The van der Waals surface area contributed by atoms with Crippen LogP contribution in [0, 0.1) is 0 Å². The summed E-state index contributed by atoms with van der Waals surface area (Å²) in [5.41, 5.74) is 4.53. The number of nitrogens with zero attached hydrogens (tertiary/aromatic N) is 1. The summed E-state index contributed by atoms with van der Waals surface area (Å²) < 4.78 is 0. The molecule has 118 valence electrons. The predicted octanol–water partition coefficient (Wildman–Crippen LogP) is 2.72. The van der Waals surface area contributed by atoms with E-state index in [2.05, 4.69) is 0 Å². The van der Waals surface area contributed by atoms with Gasteiger partial charge in [0, 0.05) is 31.8 Å². The van der Waals surface area contributed by atoms with Crippen LogP contribution in [0.3, 0.4) is 0 Å². The molecular formula is C17H22N2O3. The topological polar surface area (TPSA) is 69.6 Å². The molecule has 0 fully saturated rings. The summed E-state index contributed by atoms with van der Waals surface area (Å²) in [7, 11) is 3.84. The molecule has 1 rings (SSSR count). The van der Waals surface area contributed by atoms with Crippen molar-refractivity contribution in [2.75, 3.05) is 19.0 Å². The number of hydrogen-bond acceptors (Lipinski definition) is 4. The second-order valence-corrected chi connectivity index (χ2v) is 5.29. The van der Waals surface area contributed by atoms with Crippen LogP contribution in [0.1, 0.15) is 30.6 Å². The third kappa shape index (κ3) is 5.18. The molecule has 0 spiro atoms. The van der Waals surface area contributed by atoms with E-state index in [1.165, 1.54) is 0 Å². The molecule has 1 amide bonds. The van der Waals surface area contributed by atoms with Crippen molar-refractivity contribution < 1.29 is 14.8 Å². The summed E-state index contributed by atoms with van der Waals surface area (Å²) in [6.45, 7) is 3.55. The largest absolute Gasteiger partial charge is 0.378 e. The Hall–Kier alpha value is -2.40. The molecule has 0 aliphatic carbocycles. The SMILES string of the molecule is CC(=C\CC(=O)NO)/C=C(\C)C(=O)c1cccc(N(C)C)c1. The molecule has 0 heterocycles. The predicted molar refractivity (Wildman–Crippen MR) is 87.2 cm³/mol. The summed E-state index contributed by atoms with van der Waals surface area (Å²) in [6.07, 6.45) is 3.45. The number of nitrogens with one attached hydrogen (secondary N) is 1. The molecule has 0 aliphatic rings. The number of carbonyl (C=O) groups excluding carboxylic acids is 2. The van der Waals surface area contributed by atoms with E-state index in [-0.39, 0.29) is 12.2 Å². The number of Topliss-reactive ketones (excluding diaryl/α,β-unsaturated/α-hetero) is 1. The standard InChI is InChI=1S/C17H22N2O3/c1-12(8-9-16(20)18-22)10-13(2)17(21)14-6-5-7-15(11-14)19(3)4/h5-8,10-11,22H,9H2,1-4H3,(H,18,20)/b12-8+,13-10+. The van der Waals surface area contributed by atoms with E-state index in [1.54, 1.807) is 37.5 Å². The number of carbonyl (C=O) groups is 2. The number of benzene rings is 1. The number of hydrogen-bond donors (Lipinski definition) is 2. The van der Waals surface area contributed by atoms with Crippen LogP contribution in [-0.4, -0.2) is 31.0 Å². The first-order valence-corrected chi connectivity index (χ1v) is 6.95. The van der Waals surface area contributed by atoms with E-state index in [1.807, 2.05) is 37.2 Å². The lowest BCUT2D eigenvalue weighted by Crippen LogP contribution is -2.17. The van der Waals surface area contributed by atoms with Crippen LogP contribution in [0.4, 0.5) is 5.69 Å². The molecule has 0 aliphatic heterocycles. The fraction of sp³-hybridized carbons (Fsp3) is 0.294. The van der Waals surface area contributed by atoms with Gasteiger partial charge in [0.2, 0.25) is 5.91 Å². The molecule has 0 saturated heterocycles. The first-order chi connectivity index (χ1) is 10.3. The third-order valence-electron chi connectivity index (χ3n) is 3.16. The number of rotatable bonds is 6. The Morgan fingerprint density at radius 3 is 2.55 bits per heavy atom. The average molecular weight is 302 g/mol. The van der Waals surface area contributed by atoms with Crippen LogP contribution in [0.2, 0.25) is 0 Å². The number of allylic oxidation sites excluding steroid dienone is 3. The molecule has 22 heavy (non-hydrogen) atoms. The lowest BCUT2D eigenvalue weighted by atomic mass is 10.0. The van der Waals surface area contributed by atoms with Crippen molar-refractivity contribution in [3.05, 3.63) is 53.1 Å². The average Bonchev–Trinajstić information content (AvgIpc) is 2.51. The van der Waals surface area contributed by atoms with Gasteiger partial charge in [-0.05, 0) is 31.6 Å². The molecule has 2 N–H and O–H groups in total. The van der Waals surface area contributed by atoms with Crippen LogP contribution in [0.15, 0.2) is 47.6 Å². The minimum Gasteiger partial charge on any atom is -0.378 e. The number of amides is 1. The summed E-state index contributed by atoms with van der Waals surface area (Å²) >= 11 is 0. The Bertz CT molecular complexity index is 616. The second-order valence-electron chi connectivity index (χ2n) is 5.29. The zero-order valence-corrected chi connectivity index (χ0v) is 13.4. The quantitative estimate of drug-likeness (QED) is 0.279. The lowest BCUT2D eigenvalue weighted by molar-refractivity contribution is -0.128. The zero-order chi connectivity index (χ0) is 16.7. The summed E-state index contributed by atoms with van der Waals surface area (Å²) in [5, 5.41) is 8.43. The van der Waals surface area contributed by atoms with E-state index in [9.17, 15) is 9.59 Å². The number of anilines is 1. The van der Waals surface area contributed by atoms with Gasteiger partial charge in [-0.15, -0.1) is 0 Å². The fourth-order valence-electron chi connectivity index (χ4n) is 1.92. The number of hydroxylamine groups is 1. The molecular weight excluding hydrogens is 280 g/mol. The maximum absolute atomic E-state index is 12.4. The molecule has 5 heteroatoms. The van der Waals surface area contributed by atoms with Crippen molar-refractivity contribution >= 4 is 17.4 Å². The van der Waals surface area contributed by atoms with E-state index >= 15 is 0 Å². The van der Waals surface area contributed by atoms with Crippen LogP contribution in [0.25, 0.3) is 0 Å². The highest BCUT2D eigenvalue weighted by molar-refractivity contribution is 6.09. The Kier molecular flexibility index (Phi) is 6.53. The maximum atomic E-state index is 12.4.